The van der Waals surface area contributed by atoms with Crippen molar-refractivity contribution >= 4 is 23.6 Å². The zero-order valence-corrected chi connectivity index (χ0v) is 11.1. The minimum Gasteiger partial charge on any atom is -0.305 e. The van der Waals surface area contributed by atoms with Crippen LogP contribution in [0.5, 0.6) is 0 Å². The Morgan fingerprint density at radius 2 is 2.06 bits per heavy atom. The molecular formula is C13H16N2O2S. The number of nitrogens with zero attached hydrogens (tertiary/aromatic N) is 1. The molecule has 1 saturated heterocycles. The molecule has 5 heteroatoms. The van der Waals surface area contributed by atoms with Crippen LogP contribution in [0, 0.1) is 0 Å². The molecule has 1 heterocycles. The van der Waals surface area contributed by atoms with Crippen LogP contribution in [0.25, 0.3) is 0 Å². The molecule has 1 unspecified atom stereocenters. The Morgan fingerprint density at radius 1 is 1.33 bits per heavy atom. The lowest BCUT2D eigenvalue weighted by Crippen LogP contribution is -2.38. The van der Waals surface area contributed by atoms with Crippen LogP contribution >= 0.6 is 11.8 Å². The van der Waals surface area contributed by atoms with E-state index in [0.717, 1.165) is 12.3 Å². The smallest absolute Gasteiger partial charge is 0.246 e. The molecular weight excluding hydrogens is 248 g/mol. The Labute approximate surface area is 111 Å². The molecule has 1 aliphatic heterocycles. The topological polar surface area (TPSA) is 49.4 Å². The molecule has 0 bridgehead atoms. The molecule has 18 heavy (non-hydrogen) atoms. The molecule has 0 aliphatic carbocycles. The van der Waals surface area contributed by atoms with E-state index >= 15 is 0 Å². The summed E-state index contributed by atoms with van der Waals surface area (Å²) in [5.74, 6) is 0.657. The summed E-state index contributed by atoms with van der Waals surface area (Å²) >= 11 is 1.73. The Kier molecular flexibility index (Phi) is 4.38. The summed E-state index contributed by atoms with van der Waals surface area (Å²) in [7, 11) is 1.53. The summed E-state index contributed by atoms with van der Waals surface area (Å²) in [5.41, 5.74) is 0. The van der Waals surface area contributed by atoms with Crippen molar-refractivity contribution in [3.8, 4) is 0 Å². The number of thioether (sulfide) groups is 1. The number of amides is 2. The van der Waals surface area contributed by atoms with Gasteiger partial charge in [0.05, 0.1) is 12.5 Å². The quantitative estimate of drug-likeness (QED) is 0.492. The number of rotatable bonds is 5. The van der Waals surface area contributed by atoms with Gasteiger partial charge >= 0.3 is 0 Å². The van der Waals surface area contributed by atoms with Crippen molar-refractivity contribution in [3.05, 3.63) is 30.3 Å². The van der Waals surface area contributed by atoms with E-state index in [9.17, 15) is 9.59 Å². The molecule has 1 aromatic rings. The zero-order valence-electron chi connectivity index (χ0n) is 10.3. The van der Waals surface area contributed by atoms with Crippen molar-refractivity contribution in [3.63, 3.8) is 0 Å². The molecule has 1 N–H and O–H groups in total. The summed E-state index contributed by atoms with van der Waals surface area (Å²) in [6, 6.07) is 9.78. The number of likely N-dealkylation sites (tertiary alicyclic amines) is 1. The minimum atomic E-state index is -0.334. The standard InChI is InChI=1S/C13H16N2O2S/c1-15-12(16)9-11(13(15)17)14-7-8-18-10-5-3-2-4-6-10/h2-6,11,14H,7-9H2,1H3. The van der Waals surface area contributed by atoms with Gasteiger partial charge in [0.2, 0.25) is 11.8 Å². The first-order chi connectivity index (χ1) is 8.68. The van der Waals surface area contributed by atoms with Gasteiger partial charge in [-0.05, 0) is 12.1 Å². The van der Waals surface area contributed by atoms with E-state index in [-0.39, 0.29) is 24.3 Å². The van der Waals surface area contributed by atoms with E-state index in [2.05, 4.69) is 17.4 Å². The first-order valence-corrected chi connectivity index (χ1v) is 6.88. The molecule has 96 valence electrons. The maximum atomic E-state index is 11.6. The summed E-state index contributed by atoms with van der Waals surface area (Å²) in [6.45, 7) is 0.719. The van der Waals surface area contributed by atoms with Gasteiger partial charge in [-0.2, -0.15) is 0 Å². The van der Waals surface area contributed by atoms with Crippen LogP contribution in [0.2, 0.25) is 0 Å². The minimum absolute atomic E-state index is 0.104. The predicted octanol–water partition coefficient (Wildman–Crippen LogP) is 1.13. The summed E-state index contributed by atoms with van der Waals surface area (Å²) in [5, 5.41) is 3.13. The fraction of sp³-hybridized carbons (Fsp3) is 0.385. The second-order valence-corrected chi connectivity index (χ2v) is 5.33. The second kappa shape index (κ2) is 6.02. The van der Waals surface area contributed by atoms with Gasteiger partial charge in [0.25, 0.3) is 0 Å². The summed E-state index contributed by atoms with van der Waals surface area (Å²) in [6.07, 6.45) is 0.283. The van der Waals surface area contributed by atoms with Gasteiger partial charge in [-0.3, -0.25) is 14.5 Å². The lowest BCUT2D eigenvalue weighted by molar-refractivity contribution is -0.137. The van der Waals surface area contributed by atoms with Gasteiger partial charge in [0.1, 0.15) is 0 Å². The summed E-state index contributed by atoms with van der Waals surface area (Å²) in [4.78, 5) is 25.3. The van der Waals surface area contributed by atoms with Crippen LogP contribution in [0.4, 0.5) is 0 Å². The van der Waals surface area contributed by atoms with Crippen LogP contribution in [-0.2, 0) is 9.59 Å². The molecule has 1 atom stereocenters. The number of hydrogen-bond acceptors (Lipinski definition) is 4. The number of imide groups is 1. The molecule has 0 spiro atoms. The molecule has 4 nitrogen and oxygen atoms in total. The average Bonchev–Trinajstić information content (AvgIpc) is 2.64. The number of carbonyl (C=O) groups excluding carboxylic acids is 2. The van der Waals surface area contributed by atoms with Crippen molar-refractivity contribution in [2.24, 2.45) is 0 Å². The van der Waals surface area contributed by atoms with Crippen molar-refractivity contribution in [2.45, 2.75) is 17.4 Å². The van der Waals surface area contributed by atoms with Crippen molar-refractivity contribution in [2.75, 3.05) is 19.3 Å². The third kappa shape index (κ3) is 3.11. The van der Waals surface area contributed by atoms with E-state index in [1.54, 1.807) is 11.8 Å². The first-order valence-electron chi connectivity index (χ1n) is 5.90. The van der Waals surface area contributed by atoms with E-state index in [1.807, 2.05) is 18.2 Å². The maximum Gasteiger partial charge on any atom is 0.246 e. The SMILES string of the molecule is CN1C(=O)CC(NCCSc2ccccc2)C1=O. The molecule has 1 aliphatic rings. The highest BCUT2D eigenvalue weighted by atomic mass is 32.2. The third-order valence-corrected chi connectivity index (χ3v) is 3.90. The monoisotopic (exact) mass is 264 g/mol. The molecule has 1 fully saturated rings. The lowest BCUT2D eigenvalue weighted by atomic mass is 10.2. The van der Waals surface area contributed by atoms with Crippen LogP contribution in [0.15, 0.2) is 35.2 Å². The Bertz CT molecular complexity index is 436. The molecule has 2 amide bonds. The largest absolute Gasteiger partial charge is 0.305 e. The van der Waals surface area contributed by atoms with Crippen molar-refractivity contribution in [1.29, 1.82) is 0 Å². The number of benzene rings is 1. The van der Waals surface area contributed by atoms with Gasteiger partial charge in [0, 0.05) is 24.2 Å². The predicted molar refractivity (Wildman–Crippen MR) is 71.4 cm³/mol. The molecule has 2 rings (SSSR count). The van der Waals surface area contributed by atoms with Crippen molar-refractivity contribution in [1.82, 2.24) is 10.2 Å². The van der Waals surface area contributed by atoms with E-state index in [0.29, 0.717) is 0 Å². The first kappa shape index (κ1) is 13.1. The number of likely N-dealkylation sites (N-methyl/N-ethyl adjacent to an activating group) is 1. The number of nitrogens with one attached hydrogen (secondary N) is 1. The van der Waals surface area contributed by atoms with Crippen LogP contribution < -0.4 is 5.32 Å². The van der Waals surface area contributed by atoms with Gasteiger partial charge in [-0.15, -0.1) is 11.8 Å². The number of hydrogen-bond donors (Lipinski definition) is 1. The highest BCUT2D eigenvalue weighted by molar-refractivity contribution is 7.99. The highest BCUT2D eigenvalue weighted by Gasteiger charge is 2.35. The van der Waals surface area contributed by atoms with Crippen LogP contribution in [0.1, 0.15) is 6.42 Å². The third-order valence-electron chi connectivity index (χ3n) is 2.89. The van der Waals surface area contributed by atoms with E-state index in [1.165, 1.54) is 16.8 Å². The van der Waals surface area contributed by atoms with Gasteiger partial charge in [0.15, 0.2) is 0 Å². The average molecular weight is 264 g/mol. The number of carbonyl (C=O) groups is 2. The van der Waals surface area contributed by atoms with Crippen molar-refractivity contribution < 1.29 is 9.59 Å². The van der Waals surface area contributed by atoms with Gasteiger partial charge in [-0.1, -0.05) is 18.2 Å². The fourth-order valence-electron chi connectivity index (χ4n) is 1.83. The normalized spacial score (nSPS) is 19.6. The Balaban J connectivity index is 1.70. The van der Waals surface area contributed by atoms with Crippen LogP contribution in [-0.4, -0.2) is 42.1 Å². The zero-order chi connectivity index (χ0) is 13.0. The molecule has 0 aromatic heterocycles. The fourth-order valence-corrected chi connectivity index (χ4v) is 2.64. The molecule has 0 saturated carbocycles. The van der Waals surface area contributed by atoms with E-state index < -0.39 is 0 Å². The van der Waals surface area contributed by atoms with Gasteiger partial charge < -0.3 is 5.32 Å². The lowest BCUT2D eigenvalue weighted by Gasteiger charge is -2.10. The summed E-state index contributed by atoms with van der Waals surface area (Å²) < 4.78 is 0. The second-order valence-electron chi connectivity index (χ2n) is 4.16. The molecule has 0 radical (unpaired) electrons. The van der Waals surface area contributed by atoms with Crippen LogP contribution in [0.3, 0.4) is 0 Å². The Hall–Kier alpha value is -1.33. The van der Waals surface area contributed by atoms with E-state index in [4.69, 9.17) is 0 Å². The molecule has 1 aromatic carbocycles. The maximum absolute atomic E-state index is 11.6. The Morgan fingerprint density at radius 3 is 2.67 bits per heavy atom. The van der Waals surface area contributed by atoms with Gasteiger partial charge in [-0.25, -0.2) is 0 Å². The highest BCUT2D eigenvalue weighted by Crippen LogP contribution is 2.16.